The first-order valence-electron chi connectivity index (χ1n) is 4.36. The van der Waals surface area contributed by atoms with E-state index >= 15 is 0 Å². The smallest absolute Gasteiger partial charge is 0.157 e. The molecule has 1 aromatic carbocycles. The highest BCUT2D eigenvalue weighted by molar-refractivity contribution is 5.42. The first kappa shape index (κ1) is 10.8. The van der Waals surface area contributed by atoms with Crippen LogP contribution in [0.5, 0.6) is 11.5 Å². The van der Waals surface area contributed by atoms with Gasteiger partial charge in [0.2, 0.25) is 0 Å². The van der Waals surface area contributed by atoms with Gasteiger partial charge in [0.15, 0.2) is 11.5 Å². The molecule has 14 heavy (non-hydrogen) atoms. The first-order valence-corrected chi connectivity index (χ1v) is 4.36. The summed E-state index contributed by atoms with van der Waals surface area (Å²) in [5.74, 6) is -0.474. The summed E-state index contributed by atoms with van der Waals surface area (Å²) in [6.45, 7) is 3.23. The molecule has 0 aliphatic rings. The molecule has 1 aromatic rings. The van der Waals surface area contributed by atoms with E-state index in [2.05, 4.69) is 0 Å². The van der Waals surface area contributed by atoms with E-state index in [1.165, 1.54) is 18.2 Å². The summed E-state index contributed by atoms with van der Waals surface area (Å²) in [6.07, 6.45) is 0. The number of aromatic hydroxyl groups is 2. The van der Waals surface area contributed by atoms with Gasteiger partial charge in [0.1, 0.15) is 5.60 Å². The van der Waals surface area contributed by atoms with Crippen molar-refractivity contribution in [2.75, 3.05) is 0 Å². The highest BCUT2D eigenvalue weighted by atomic mass is 16.3. The third-order valence-electron chi connectivity index (χ3n) is 2.45. The lowest BCUT2D eigenvalue weighted by molar-refractivity contribution is 0.0346. The molecular weight excluding hydrogens is 182 g/mol. The molecule has 0 bridgehead atoms. The standard InChI is InChI=1S/C10H15NO3/c1-6(11)10(2,14)7-3-4-8(12)9(13)5-7/h3-6,12-14H,11H2,1-2H3. The molecule has 0 spiro atoms. The lowest BCUT2D eigenvalue weighted by atomic mass is 9.89. The number of nitrogens with two attached hydrogens (primary N) is 1. The van der Waals surface area contributed by atoms with Crippen molar-refractivity contribution >= 4 is 0 Å². The van der Waals surface area contributed by atoms with Crippen molar-refractivity contribution in [1.82, 2.24) is 0 Å². The van der Waals surface area contributed by atoms with Crippen LogP contribution in [0.3, 0.4) is 0 Å². The molecule has 0 aliphatic carbocycles. The lowest BCUT2D eigenvalue weighted by Gasteiger charge is -2.28. The number of hydrogen-bond donors (Lipinski definition) is 4. The van der Waals surface area contributed by atoms with Gasteiger partial charge in [-0.1, -0.05) is 6.07 Å². The van der Waals surface area contributed by atoms with Gasteiger partial charge in [-0.2, -0.15) is 0 Å². The zero-order valence-corrected chi connectivity index (χ0v) is 8.23. The van der Waals surface area contributed by atoms with Crippen LogP contribution in [0.25, 0.3) is 0 Å². The molecular formula is C10H15NO3. The monoisotopic (exact) mass is 197 g/mol. The van der Waals surface area contributed by atoms with E-state index in [0.717, 1.165) is 0 Å². The predicted molar refractivity (Wildman–Crippen MR) is 53.0 cm³/mol. The van der Waals surface area contributed by atoms with Crippen LogP contribution in [0.15, 0.2) is 18.2 Å². The van der Waals surface area contributed by atoms with E-state index in [1.807, 2.05) is 0 Å². The van der Waals surface area contributed by atoms with Crippen molar-refractivity contribution in [3.8, 4) is 11.5 Å². The molecule has 0 fully saturated rings. The van der Waals surface area contributed by atoms with Crippen molar-refractivity contribution in [2.24, 2.45) is 5.73 Å². The average molecular weight is 197 g/mol. The summed E-state index contributed by atoms with van der Waals surface area (Å²) < 4.78 is 0. The third-order valence-corrected chi connectivity index (χ3v) is 2.45. The molecule has 0 heterocycles. The predicted octanol–water partition coefficient (Wildman–Crippen LogP) is 0.652. The maximum Gasteiger partial charge on any atom is 0.157 e. The molecule has 4 heteroatoms. The van der Waals surface area contributed by atoms with Crippen LogP contribution >= 0.6 is 0 Å². The summed E-state index contributed by atoms with van der Waals surface area (Å²) in [7, 11) is 0. The zero-order chi connectivity index (χ0) is 10.9. The van der Waals surface area contributed by atoms with Gasteiger partial charge in [-0.25, -0.2) is 0 Å². The second kappa shape index (κ2) is 3.48. The Hall–Kier alpha value is -1.26. The third kappa shape index (κ3) is 1.81. The number of rotatable bonds is 2. The maximum atomic E-state index is 9.96. The second-order valence-corrected chi connectivity index (χ2v) is 3.64. The van der Waals surface area contributed by atoms with E-state index in [0.29, 0.717) is 5.56 Å². The molecule has 0 saturated carbocycles. The van der Waals surface area contributed by atoms with Gasteiger partial charge in [0, 0.05) is 6.04 Å². The summed E-state index contributed by atoms with van der Waals surface area (Å²) in [4.78, 5) is 0. The van der Waals surface area contributed by atoms with Gasteiger partial charge in [-0.3, -0.25) is 0 Å². The van der Waals surface area contributed by atoms with E-state index in [1.54, 1.807) is 13.8 Å². The zero-order valence-electron chi connectivity index (χ0n) is 8.23. The van der Waals surface area contributed by atoms with Crippen LogP contribution in [0.4, 0.5) is 0 Å². The minimum Gasteiger partial charge on any atom is -0.504 e. The Morgan fingerprint density at radius 1 is 1.29 bits per heavy atom. The number of phenolic OH excluding ortho intramolecular Hbond substituents is 2. The van der Waals surface area contributed by atoms with Crippen LogP contribution in [0, 0.1) is 0 Å². The lowest BCUT2D eigenvalue weighted by Crippen LogP contribution is -2.40. The Kier molecular flexibility index (Phi) is 2.69. The van der Waals surface area contributed by atoms with Crippen LogP contribution in [-0.2, 0) is 5.60 Å². The Bertz CT molecular complexity index is 334. The van der Waals surface area contributed by atoms with Crippen molar-refractivity contribution in [3.05, 3.63) is 23.8 Å². The minimum atomic E-state index is -1.22. The SMILES string of the molecule is CC(N)C(C)(O)c1ccc(O)c(O)c1. The molecule has 78 valence electrons. The Balaban J connectivity index is 3.14. The number of hydrogen-bond acceptors (Lipinski definition) is 4. The number of phenols is 2. The van der Waals surface area contributed by atoms with E-state index in [-0.39, 0.29) is 11.5 Å². The Morgan fingerprint density at radius 2 is 1.86 bits per heavy atom. The molecule has 0 amide bonds. The Labute approximate surface area is 82.6 Å². The van der Waals surface area contributed by atoms with Crippen molar-refractivity contribution in [1.29, 1.82) is 0 Å². The molecule has 0 aromatic heterocycles. The number of aliphatic hydroxyl groups is 1. The average Bonchev–Trinajstić information content (AvgIpc) is 2.09. The van der Waals surface area contributed by atoms with Gasteiger partial charge in [0.25, 0.3) is 0 Å². The number of benzene rings is 1. The Morgan fingerprint density at radius 3 is 2.29 bits per heavy atom. The van der Waals surface area contributed by atoms with E-state index < -0.39 is 11.6 Å². The summed E-state index contributed by atoms with van der Waals surface area (Å²) in [5, 5.41) is 28.3. The maximum absolute atomic E-state index is 9.96. The van der Waals surface area contributed by atoms with E-state index in [4.69, 9.17) is 10.8 Å². The fourth-order valence-electron chi connectivity index (χ4n) is 1.10. The van der Waals surface area contributed by atoms with Crippen LogP contribution in [0.1, 0.15) is 19.4 Å². The van der Waals surface area contributed by atoms with Gasteiger partial charge in [-0.05, 0) is 31.5 Å². The summed E-state index contributed by atoms with van der Waals surface area (Å²) in [6, 6.07) is 3.69. The molecule has 0 saturated heterocycles. The van der Waals surface area contributed by atoms with Crippen molar-refractivity contribution in [2.45, 2.75) is 25.5 Å². The van der Waals surface area contributed by atoms with Crippen LogP contribution in [0.2, 0.25) is 0 Å². The van der Waals surface area contributed by atoms with Crippen LogP contribution in [-0.4, -0.2) is 21.4 Å². The van der Waals surface area contributed by atoms with Crippen molar-refractivity contribution < 1.29 is 15.3 Å². The molecule has 0 radical (unpaired) electrons. The summed E-state index contributed by atoms with van der Waals surface area (Å²) >= 11 is 0. The fraction of sp³-hybridized carbons (Fsp3) is 0.400. The first-order chi connectivity index (χ1) is 6.35. The van der Waals surface area contributed by atoms with Crippen molar-refractivity contribution in [3.63, 3.8) is 0 Å². The molecule has 2 unspecified atom stereocenters. The van der Waals surface area contributed by atoms with E-state index in [9.17, 15) is 10.2 Å². The minimum absolute atomic E-state index is 0.214. The second-order valence-electron chi connectivity index (χ2n) is 3.64. The normalized spacial score (nSPS) is 17.4. The largest absolute Gasteiger partial charge is 0.504 e. The molecule has 0 aliphatic heterocycles. The van der Waals surface area contributed by atoms with Gasteiger partial charge < -0.3 is 21.1 Å². The topological polar surface area (TPSA) is 86.7 Å². The highest BCUT2D eigenvalue weighted by Gasteiger charge is 2.28. The van der Waals surface area contributed by atoms with Crippen LogP contribution < -0.4 is 5.73 Å². The molecule has 2 atom stereocenters. The van der Waals surface area contributed by atoms with Gasteiger partial charge in [0.05, 0.1) is 0 Å². The molecule has 5 N–H and O–H groups in total. The molecule has 1 rings (SSSR count). The molecule has 4 nitrogen and oxygen atoms in total. The fourth-order valence-corrected chi connectivity index (χ4v) is 1.10. The van der Waals surface area contributed by atoms with Gasteiger partial charge in [-0.15, -0.1) is 0 Å². The highest BCUT2D eigenvalue weighted by Crippen LogP contribution is 2.31. The quantitative estimate of drug-likeness (QED) is 0.524. The van der Waals surface area contributed by atoms with Gasteiger partial charge >= 0.3 is 0 Å². The summed E-state index contributed by atoms with van der Waals surface area (Å²) in [5.41, 5.74) is 4.85.